The zero-order valence-corrected chi connectivity index (χ0v) is 9.60. The predicted octanol–water partition coefficient (Wildman–Crippen LogP) is 3.13. The number of aryl methyl sites for hydroxylation is 1. The van der Waals surface area contributed by atoms with E-state index in [0.717, 1.165) is 11.3 Å². The molecule has 1 heterocycles. The molecule has 1 aromatic rings. The van der Waals surface area contributed by atoms with Gasteiger partial charge < -0.3 is 5.11 Å². The molecule has 0 saturated carbocycles. The fourth-order valence-corrected chi connectivity index (χ4v) is 2.87. The summed E-state index contributed by atoms with van der Waals surface area (Å²) in [4.78, 5) is 12.1. The van der Waals surface area contributed by atoms with E-state index in [2.05, 4.69) is 6.92 Å². The summed E-state index contributed by atoms with van der Waals surface area (Å²) in [5.41, 5.74) is 1.18. The molecule has 0 fully saturated rings. The molecule has 0 aromatic carbocycles. The molecular formula is C11H16O2S. The molecule has 0 radical (unpaired) electrons. The Morgan fingerprint density at radius 1 is 1.57 bits per heavy atom. The highest BCUT2D eigenvalue weighted by molar-refractivity contribution is 7.10. The molecule has 0 aliphatic rings. The van der Waals surface area contributed by atoms with Crippen LogP contribution in [0.15, 0.2) is 11.4 Å². The Labute approximate surface area is 88.6 Å². The lowest BCUT2D eigenvalue weighted by Crippen LogP contribution is -2.17. The summed E-state index contributed by atoms with van der Waals surface area (Å²) in [5.74, 6) is -0.904. The summed E-state index contributed by atoms with van der Waals surface area (Å²) in [6.07, 6.45) is 0.912. The van der Waals surface area contributed by atoms with Crippen LogP contribution < -0.4 is 0 Å². The molecule has 0 spiro atoms. The highest BCUT2D eigenvalue weighted by Gasteiger charge is 2.26. The van der Waals surface area contributed by atoms with E-state index in [0.29, 0.717) is 0 Å². The summed E-state index contributed by atoms with van der Waals surface area (Å²) in [5, 5.41) is 11.1. The minimum absolute atomic E-state index is 0.149. The topological polar surface area (TPSA) is 37.3 Å². The van der Waals surface area contributed by atoms with Crippen molar-refractivity contribution in [2.75, 3.05) is 0 Å². The van der Waals surface area contributed by atoms with Crippen LogP contribution in [0.25, 0.3) is 0 Å². The molecule has 1 N–H and O–H groups in total. The maximum atomic E-state index is 11.1. The zero-order chi connectivity index (χ0) is 10.7. The zero-order valence-electron chi connectivity index (χ0n) is 8.78. The van der Waals surface area contributed by atoms with Crippen LogP contribution in [0.4, 0.5) is 0 Å². The third-order valence-corrected chi connectivity index (χ3v) is 3.42. The number of thiophene rings is 1. The first-order valence-electron chi connectivity index (χ1n) is 4.87. The lowest BCUT2D eigenvalue weighted by molar-refractivity contribution is -0.139. The van der Waals surface area contributed by atoms with Crippen molar-refractivity contribution in [3.63, 3.8) is 0 Å². The standard InChI is InChI=1S/C11H16O2S/c1-4-8-5-6-14-10(8)9(7(2)3)11(12)13/h5-7,9H,4H2,1-3H3,(H,12,13). The fourth-order valence-electron chi connectivity index (χ4n) is 1.61. The van der Waals surface area contributed by atoms with Crippen molar-refractivity contribution in [2.45, 2.75) is 33.1 Å². The highest BCUT2D eigenvalue weighted by atomic mass is 32.1. The molecule has 3 heteroatoms. The van der Waals surface area contributed by atoms with Crippen LogP contribution in [-0.2, 0) is 11.2 Å². The molecule has 2 nitrogen and oxygen atoms in total. The van der Waals surface area contributed by atoms with Gasteiger partial charge in [0.15, 0.2) is 0 Å². The molecule has 1 atom stereocenters. The second-order valence-corrected chi connectivity index (χ2v) is 4.67. The molecule has 0 saturated heterocycles. The van der Waals surface area contributed by atoms with Gasteiger partial charge in [-0.05, 0) is 29.3 Å². The van der Waals surface area contributed by atoms with Crippen molar-refractivity contribution in [3.05, 3.63) is 21.9 Å². The van der Waals surface area contributed by atoms with E-state index in [1.54, 1.807) is 11.3 Å². The number of aliphatic carboxylic acids is 1. The molecule has 0 bridgehead atoms. The van der Waals surface area contributed by atoms with Crippen LogP contribution in [0.3, 0.4) is 0 Å². The average molecular weight is 212 g/mol. The quantitative estimate of drug-likeness (QED) is 0.832. The van der Waals surface area contributed by atoms with Gasteiger partial charge >= 0.3 is 5.97 Å². The van der Waals surface area contributed by atoms with Gasteiger partial charge in [0.05, 0.1) is 5.92 Å². The molecule has 0 aliphatic heterocycles. The summed E-state index contributed by atoms with van der Waals surface area (Å²) < 4.78 is 0. The largest absolute Gasteiger partial charge is 0.481 e. The van der Waals surface area contributed by atoms with E-state index in [-0.39, 0.29) is 11.8 Å². The molecular weight excluding hydrogens is 196 g/mol. The summed E-state index contributed by atoms with van der Waals surface area (Å²) >= 11 is 1.56. The minimum atomic E-state index is -0.711. The Bertz CT molecular complexity index is 315. The fraction of sp³-hybridized carbons (Fsp3) is 0.545. The van der Waals surface area contributed by atoms with Crippen LogP contribution in [0, 0.1) is 5.92 Å². The molecule has 1 unspecified atom stereocenters. The normalized spacial score (nSPS) is 13.1. The molecule has 0 amide bonds. The Morgan fingerprint density at radius 3 is 2.64 bits per heavy atom. The van der Waals surface area contributed by atoms with E-state index < -0.39 is 5.97 Å². The third kappa shape index (κ3) is 2.15. The Kier molecular flexibility index (Phi) is 3.69. The second-order valence-electron chi connectivity index (χ2n) is 3.72. The van der Waals surface area contributed by atoms with Crippen molar-refractivity contribution in [1.82, 2.24) is 0 Å². The van der Waals surface area contributed by atoms with Gasteiger partial charge in [-0.3, -0.25) is 4.79 Å². The van der Waals surface area contributed by atoms with Gasteiger partial charge in [-0.1, -0.05) is 20.8 Å². The van der Waals surface area contributed by atoms with Crippen molar-refractivity contribution >= 4 is 17.3 Å². The van der Waals surface area contributed by atoms with Crippen LogP contribution >= 0.6 is 11.3 Å². The number of hydrogen-bond donors (Lipinski definition) is 1. The molecule has 0 aliphatic carbocycles. The second kappa shape index (κ2) is 4.60. The van der Waals surface area contributed by atoms with Gasteiger partial charge in [0.25, 0.3) is 0 Å². The minimum Gasteiger partial charge on any atom is -0.481 e. The summed E-state index contributed by atoms with van der Waals surface area (Å²) in [6, 6.07) is 2.03. The monoisotopic (exact) mass is 212 g/mol. The average Bonchev–Trinajstić information content (AvgIpc) is 2.51. The Morgan fingerprint density at radius 2 is 2.21 bits per heavy atom. The van der Waals surface area contributed by atoms with E-state index in [1.165, 1.54) is 5.56 Å². The van der Waals surface area contributed by atoms with Crippen molar-refractivity contribution in [1.29, 1.82) is 0 Å². The summed E-state index contributed by atoms with van der Waals surface area (Å²) in [6.45, 7) is 5.97. The van der Waals surface area contributed by atoms with Gasteiger partial charge in [0, 0.05) is 4.88 Å². The molecule has 1 aromatic heterocycles. The maximum Gasteiger partial charge on any atom is 0.312 e. The van der Waals surface area contributed by atoms with E-state index in [4.69, 9.17) is 5.11 Å². The van der Waals surface area contributed by atoms with Gasteiger partial charge in [-0.2, -0.15) is 0 Å². The first-order valence-corrected chi connectivity index (χ1v) is 5.75. The number of rotatable bonds is 4. The van der Waals surface area contributed by atoms with Gasteiger partial charge in [-0.25, -0.2) is 0 Å². The van der Waals surface area contributed by atoms with Gasteiger partial charge in [-0.15, -0.1) is 11.3 Å². The van der Waals surface area contributed by atoms with Crippen LogP contribution in [0.2, 0.25) is 0 Å². The number of carboxylic acid groups (broad SMARTS) is 1. The van der Waals surface area contributed by atoms with E-state index >= 15 is 0 Å². The smallest absolute Gasteiger partial charge is 0.312 e. The van der Waals surface area contributed by atoms with Crippen molar-refractivity contribution in [3.8, 4) is 0 Å². The van der Waals surface area contributed by atoms with Crippen molar-refractivity contribution in [2.24, 2.45) is 5.92 Å². The first kappa shape index (κ1) is 11.2. The first-order chi connectivity index (χ1) is 6.57. The molecule has 1 rings (SSSR count). The summed E-state index contributed by atoms with van der Waals surface area (Å²) in [7, 11) is 0. The SMILES string of the molecule is CCc1ccsc1C(C(=O)O)C(C)C. The predicted molar refractivity (Wildman–Crippen MR) is 58.9 cm³/mol. The van der Waals surface area contributed by atoms with Crippen LogP contribution in [-0.4, -0.2) is 11.1 Å². The number of carbonyl (C=O) groups is 1. The maximum absolute atomic E-state index is 11.1. The van der Waals surface area contributed by atoms with Crippen LogP contribution in [0.1, 0.15) is 37.1 Å². The third-order valence-electron chi connectivity index (χ3n) is 2.38. The lowest BCUT2D eigenvalue weighted by Gasteiger charge is -2.16. The van der Waals surface area contributed by atoms with Crippen molar-refractivity contribution < 1.29 is 9.90 Å². The molecule has 14 heavy (non-hydrogen) atoms. The molecule has 78 valence electrons. The number of carboxylic acids is 1. The van der Waals surface area contributed by atoms with Gasteiger partial charge in [0.1, 0.15) is 0 Å². The van der Waals surface area contributed by atoms with E-state index in [9.17, 15) is 4.79 Å². The van der Waals surface area contributed by atoms with Crippen LogP contribution in [0.5, 0.6) is 0 Å². The Hall–Kier alpha value is -0.830. The lowest BCUT2D eigenvalue weighted by atomic mass is 9.92. The highest BCUT2D eigenvalue weighted by Crippen LogP contribution is 2.32. The Balaban J connectivity index is 3.04. The van der Waals surface area contributed by atoms with E-state index in [1.807, 2.05) is 25.3 Å². The number of hydrogen-bond acceptors (Lipinski definition) is 2. The van der Waals surface area contributed by atoms with Gasteiger partial charge in [0.2, 0.25) is 0 Å².